The molecule has 24 heavy (non-hydrogen) atoms. The van der Waals surface area contributed by atoms with Gasteiger partial charge in [-0.1, -0.05) is 0 Å². The van der Waals surface area contributed by atoms with E-state index in [2.05, 4.69) is 29.8 Å². The fourth-order valence-corrected chi connectivity index (χ4v) is 3.24. The molecule has 4 heterocycles. The predicted octanol–water partition coefficient (Wildman–Crippen LogP) is 1.14. The molecule has 0 amide bonds. The summed E-state index contributed by atoms with van der Waals surface area (Å²) in [6.45, 7) is 3.50. The summed E-state index contributed by atoms with van der Waals surface area (Å²) in [6.07, 6.45) is 5.42. The average Bonchev–Trinajstić information content (AvgIpc) is 2.95. The molecule has 0 spiro atoms. The Bertz CT molecular complexity index is 937. The lowest BCUT2D eigenvalue weighted by molar-refractivity contribution is 0.489. The van der Waals surface area contributed by atoms with Crippen LogP contribution in [0.15, 0.2) is 23.4 Å². The Balaban J connectivity index is 1.51. The fourth-order valence-electron chi connectivity index (χ4n) is 3.24. The summed E-state index contributed by atoms with van der Waals surface area (Å²) in [7, 11) is 1.93. The summed E-state index contributed by atoms with van der Waals surface area (Å²) >= 11 is 0. The van der Waals surface area contributed by atoms with E-state index in [0.717, 1.165) is 48.7 Å². The zero-order valence-electron chi connectivity index (χ0n) is 13.7. The summed E-state index contributed by atoms with van der Waals surface area (Å²) in [5.41, 5.74) is 2.45. The van der Waals surface area contributed by atoms with E-state index in [9.17, 15) is 4.79 Å². The minimum absolute atomic E-state index is 0.0798. The molecule has 1 saturated heterocycles. The number of piperidine rings is 1. The molecule has 0 unspecified atom stereocenters. The first-order chi connectivity index (χ1) is 11.6. The number of nitrogens with zero attached hydrogens (tertiary/aromatic N) is 6. The van der Waals surface area contributed by atoms with Crippen LogP contribution in [0, 0.1) is 6.92 Å². The molecule has 1 N–H and O–H groups in total. The highest BCUT2D eigenvalue weighted by Gasteiger charge is 2.24. The lowest BCUT2D eigenvalue weighted by atomic mass is 9.93. The van der Waals surface area contributed by atoms with Gasteiger partial charge in [-0.25, -0.2) is 15.0 Å². The Hall–Kier alpha value is -2.77. The third-order valence-corrected chi connectivity index (χ3v) is 4.55. The van der Waals surface area contributed by atoms with Crippen molar-refractivity contribution < 1.29 is 0 Å². The van der Waals surface area contributed by atoms with Crippen LogP contribution in [0.5, 0.6) is 0 Å². The second kappa shape index (κ2) is 5.70. The molecule has 1 aliphatic rings. The quantitative estimate of drug-likeness (QED) is 0.759. The standard InChI is InChI=1S/C16H19N7O/c1-10-19-12(7-14(24)20-10)11-3-5-23(6-4-11)16-17-8-13-15(21-16)18-9-22(13)2/h7-9,11H,3-6H2,1-2H3,(H,19,20,24). The number of imidazole rings is 1. The van der Waals surface area contributed by atoms with Gasteiger partial charge in [0.2, 0.25) is 5.95 Å². The van der Waals surface area contributed by atoms with Gasteiger partial charge in [-0.05, 0) is 19.8 Å². The number of fused-ring (bicyclic) bond motifs is 1. The Morgan fingerprint density at radius 1 is 1.21 bits per heavy atom. The van der Waals surface area contributed by atoms with Crippen LogP contribution in [0.1, 0.15) is 30.3 Å². The van der Waals surface area contributed by atoms with E-state index in [1.54, 1.807) is 12.4 Å². The first-order valence-electron chi connectivity index (χ1n) is 8.07. The van der Waals surface area contributed by atoms with Crippen molar-refractivity contribution in [2.24, 2.45) is 7.05 Å². The van der Waals surface area contributed by atoms with Crippen LogP contribution >= 0.6 is 0 Å². The van der Waals surface area contributed by atoms with Gasteiger partial charge in [0.15, 0.2) is 5.65 Å². The van der Waals surface area contributed by atoms with Gasteiger partial charge < -0.3 is 14.5 Å². The third-order valence-electron chi connectivity index (χ3n) is 4.55. The maximum absolute atomic E-state index is 11.6. The Morgan fingerprint density at radius 3 is 2.75 bits per heavy atom. The zero-order valence-corrected chi connectivity index (χ0v) is 13.7. The van der Waals surface area contributed by atoms with Gasteiger partial charge in [0.1, 0.15) is 11.3 Å². The van der Waals surface area contributed by atoms with E-state index in [0.29, 0.717) is 11.7 Å². The molecule has 0 aliphatic carbocycles. The second-order valence-electron chi connectivity index (χ2n) is 6.25. The number of rotatable bonds is 2. The summed E-state index contributed by atoms with van der Waals surface area (Å²) < 4.78 is 1.91. The van der Waals surface area contributed by atoms with Crippen molar-refractivity contribution in [2.45, 2.75) is 25.7 Å². The number of hydrogen-bond acceptors (Lipinski definition) is 6. The molecule has 8 heteroatoms. The molecular weight excluding hydrogens is 306 g/mol. The Morgan fingerprint density at radius 2 is 2.00 bits per heavy atom. The van der Waals surface area contributed by atoms with Gasteiger partial charge in [-0.15, -0.1) is 0 Å². The van der Waals surface area contributed by atoms with Gasteiger partial charge in [-0.2, -0.15) is 4.98 Å². The number of hydrogen-bond donors (Lipinski definition) is 1. The van der Waals surface area contributed by atoms with E-state index < -0.39 is 0 Å². The van der Waals surface area contributed by atoms with Crippen molar-refractivity contribution in [1.29, 1.82) is 0 Å². The molecule has 1 aliphatic heterocycles. The van der Waals surface area contributed by atoms with Gasteiger partial charge in [-0.3, -0.25) is 4.79 Å². The highest BCUT2D eigenvalue weighted by molar-refractivity contribution is 5.70. The number of nitrogens with one attached hydrogen (secondary N) is 1. The first kappa shape index (κ1) is 14.8. The molecule has 124 valence electrons. The van der Waals surface area contributed by atoms with Crippen molar-refractivity contribution in [1.82, 2.24) is 29.5 Å². The summed E-state index contributed by atoms with van der Waals surface area (Å²) in [5, 5.41) is 0. The first-order valence-corrected chi connectivity index (χ1v) is 8.07. The normalized spacial score (nSPS) is 16.0. The molecule has 8 nitrogen and oxygen atoms in total. The second-order valence-corrected chi connectivity index (χ2v) is 6.25. The molecule has 4 rings (SSSR count). The number of aryl methyl sites for hydroxylation is 2. The SMILES string of the molecule is Cc1nc(C2CCN(c3ncc4c(ncn4C)n3)CC2)cc(=O)[nH]1. The van der Waals surface area contributed by atoms with Gasteiger partial charge >= 0.3 is 0 Å². The van der Waals surface area contributed by atoms with Crippen molar-refractivity contribution in [3.8, 4) is 0 Å². The molecule has 3 aromatic heterocycles. The van der Waals surface area contributed by atoms with Crippen LogP contribution in [-0.4, -0.2) is 42.6 Å². The molecule has 0 saturated carbocycles. The predicted molar refractivity (Wildman–Crippen MR) is 90.1 cm³/mol. The monoisotopic (exact) mass is 325 g/mol. The van der Waals surface area contributed by atoms with Crippen molar-refractivity contribution in [2.75, 3.05) is 18.0 Å². The molecule has 3 aromatic rings. The van der Waals surface area contributed by atoms with Crippen molar-refractivity contribution >= 4 is 17.1 Å². The van der Waals surface area contributed by atoms with Gasteiger partial charge in [0.05, 0.1) is 18.2 Å². The minimum atomic E-state index is -0.0798. The Kier molecular flexibility index (Phi) is 3.51. The highest BCUT2D eigenvalue weighted by Crippen LogP contribution is 2.28. The number of anilines is 1. The van der Waals surface area contributed by atoms with Crippen LogP contribution in [0.25, 0.3) is 11.2 Å². The minimum Gasteiger partial charge on any atom is -0.341 e. The number of aromatic amines is 1. The zero-order chi connectivity index (χ0) is 16.7. The topological polar surface area (TPSA) is 92.6 Å². The lowest BCUT2D eigenvalue weighted by Gasteiger charge is -2.31. The highest BCUT2D eigenvalue weighted by atomic mass is 16.1. The molecule has 0 aromatic carbocycles. The van der Waals surface area contributed by atoms with Crippen LogP contribution in [0.2, 0.25) is 0 Å². The largest absolute Gasteiger partial charge is 0.341 e. The van der Waals surface area contributed by atoms with E-state index >= 15 is 0 Å². The van der Waals surface area contributed by atoms with Crippen LogP contribution < -0.4 is 10.5 Å². The summed E-state index contributed by atoms with van der Waals surface area (Å²) in [6, 6.07) is 1.61. The molecule has 0 bridgehead atoms. The molecule has 1 fully saturated rings. The van der Waals surface area contributed by atoms with Crippen LogP contribution in [0.3, 0.4) is 0 Å². The fraction of sp³-hybridized carbons (Fsp3) is 0.438. The van der Waals surface area contributed by atoms with Gasteiger partial charge in [0, 0.05) is 32.1 Å². The Labute approximate surface area is 138 Å². The smallest absolute Gasteiger partial charge is 0.251 e. The van der Waals surface area contributed by atoms with E-state index in [1.807, 2.05) is 24.7 Å². The summed E-state index contributed by atoms with van der Waals surface area (Å²) in [5.74, 6) is 1.69. The maximum atomic E-state index is 11.6. The summed E-state index contributed by atoms with van der Waals surface area (Å²) in [4.78, 5) is 34.3. The average molecular weight is 325 g/mol. The maximum Gasteiger partial charge on any atom is 0.251 e. The van der Waals surface area contributed by atoms with E-state index in [-0.39, 0.29) is 5.56 Å². The van der Waals surface area contributed by atoms with Crippen LogP contribution in [-0.2, 0) is 7.05 Å². The third kappa shape index (κ3) is 2.64. The van der Waals surface area contributed by atoms with Crippen molar-refractivity contribution in [3.05, 3.63) is 40.5 Å². The van der Waals surface area contributed by atoms with E-state index in [4.69, 9.17) is 0 Å². The molecule has 0 radical (unpaired) electrons. The molecular formula is C16H19N7O. The van der Waals surface area contributed by atoms with E-state index in [1.165, 1.54) is 0 Å². The molecule has 0 atom stereocenters. The number of H-pyrrole nitrogens is 1. The van der Waals surface area contributed by atoms with Crippen LogP contribution in [0.4, 0.5) is 5.95 Å². The van der Waals surface area contributed by atoms with Gasteiger partial charge in [0.25, 0.3) is 5.56 Å². The van der Waals surface area contributed by atoms with Crippen molar-refractivity contribution in [3.63, 3.8) is 0 Å². The number of aromatic nitrogens is 6. The lowest BCUT2D eigenvalue weighted by Crippen LogP contribution is -2.34.